The van der Waals surface area contributed by atoms with E-state index in [9.17, 15) is 9.00 Å². The monoisotopic (exact) mass is 220 g/mol. The van der Waals surface area contributed by atoms with Crippen LogP contribution in [0.5, 0.6) is 0 Å². The number of hydrogen-bond donors (Lipinski definition) is 1. The molecule has 0 aromatic carbocycles. The Morgan fingerprint density at radius 1 is 1.21 bits per heavy atom. The molecule has 84 valence electrons. The third-order valence-electron chi connectivity index (χ3n) is 1.94. The van der Waals surface area contributed by atoms with Crippen LogP contribution in [0.2, 0.25) is 0 Å². The molecule has 0 aromatic rings. The molecule has 0 saturated carbocycles. The molecule has 2 N–H and O–H groups in total. The van der Waals surface area contributed by atoms with Crippen LogP contribution >= 0.6 is 0 Å². The minimum atomic E-state index is -2.53. The van der Waals surface area contributed by atoms with Gasteiger partial charge in [-0.3, -0.25) is 4.79 Å². The summed E-state index contributed by atoms with van der Waals surface area (Å²) in [7, 11) is -2.53. The Balaban J connectivity index is 5.25. The summed E-state index contributed by atoms with van der Waals surface area (Å²) in [5.74, 6) is -0.514. The Morgan fingerprint density at radius 3 is 1.79 bits per heavy atom. The maximum absolute atomic E-state index is 12.0. The van der Waals surface area contributed by atoms with Crippen LogP contribution in [0.25, 0.3) is 0 Å². The fourth-order valence-electron chi connectivity index (χ4n) is 0.413. The van der Waals surface area contributed by atoms with Crippen molar-refractivity contribution in [3.8, 4) is 0 Å². The van der Waals surface area contributed by atoms with Crippen molar-refractivity contribution in [3.63, 3.8) is 0 Å². The normalized spacial score (nSPS) is 17.4. The summed E-state index contributed by atoms with van der Waals surface area (Å²) in [4.78, 5) is 11.5. The zero-order valence-corrected chi connectivity index (χ0v) is 10.6. The molecule has 1 atom stereocenters. The quantitative estimate of drug-likeness (QED) is 0.720. The first-order valence-electron chi connectivity index (χ1n) is 4.43. The predicted molar refractivity (Wildman–Crippen MR) is 59.5 cm³/mol. The largest absolute Gasteiger partial charge is 0.318 e. The van der Waals surface area contributed by atoms with Gasteiger partial charge in [0.15, 0.2) is 0 Å². The highest BCUT2D eigenvalue weighted by Gasteiger charge is 2.28. The van der Waals surface area contributed by atoms with E-state index in [-0.39, 0.29) is 0 Å². The third-order valence-corrected chi connectivity index (χ3v) is 4.73. The van der Waals surface area contributed by atoms with E-state index in [2.05, 4.69) is 4.36 Å². The van der Waals surface area contributed by atoms with Crippen LogP contribution in [-0.4, -0.2) is 26.7 Å². The van der Waals surface area contributed by atoms with Crippen LogP contribution in [-0.2, 0) is 14.5 Å². The molecule has 0 heterocycles. The summed E-state index contributed by atoms with van der Waals surface area (Å²) in [6, 6.07) is 0. The number of nitrogens with zero attached hydrogens (tertiary/aromatic N) is 1. The lowest BCUT2D eigenvalue weighted by molar-refractivity contribution is -0.121. The second-order valence-electron chi connectivity index (χ2n) is 5.03. The average Bonchev–Trinajstić information content (AvgIpc) is 1.80. The molecule has 1 unspecified atom stereocenters. The minimum Gasteiger partial charge on any atom is -0.318 e. The van der Waals surface area contributed by atoms with Crippen molar-refractivity contribution < 1.29 is 9.00 Å². The van der Waals surface area contributed by atoms with Crippen LogP contribution in [0, 0.1) is 0 Å². The molecule has 0 aliphatic heterocycles. The first-order valence-corrected chi connectivity index (χ1v) is 6.35. The van der Waals surface area contributed by atoms with E-state index in [1.807, 2.05) is 0 Å². The van der Waals surface area contributed by atoms with Gasteiger partial charge in [0.25, 0.3) is 5.91 Å². The zero-order chi connectivity index (χ0) is 11.8. The van der Waals surface area contributed by atoms with E-state index in [4.69, 9.17) is 5.73 Å². The van der Waals surface area contributed by atoms with E-state index < -0.39 is 25.9 Å². The molecule has 0 aliphatic rings. The molecule has 0 aliphatic carbocycles. The van der Waals surface area contributed by atoms with E-state index in [1.165, 1.54) is 6.26 Å². The molecule has 0 radical (unpaired) electrons. The Labute approximate surface area is 86.4 Å². The number of amides is 1. The Hall–Kier alpha value is -0.420. The third kappa shape index (κ3) is 3.38. The van der Waals surface area contributed by atoms with Crippen molar-refractivity contribution in [1.82, 2.24) is 0 Å². The first kappa shape index (κ1) is 13.6. The fraction of sp³-hybridized carbons (Fsp3) is 0.889. The van der Waals surface area contributed by atoms with E-state index in [1.54, 1.807) is 34.6 Å². The molecule has 0 bridgehead atoms. The van der Waals surface area contributed by atoms with Gasteiger partial charge in [-0.2, -0.15) is 4.36 Å². The Kier molecular flexibility index (Phi) is 3.51. The SMILES string of the molecule is CC(C)(N)C(=O)N=S(C)(=O)C(C)(C)C. The van der Waals surface area contributed by atoms with Crippen molar-refractivity contribution in [2.24, 2.45) is 10.1 Å². The summed E-state index contributed by atoms with van der Waals surface area (Å²) in [5.41, 5.74) is 4.51. The van der Waals surface area contributed by atoms with Crippen molar-refractivity contribution >= 4 is 15.6 Å². The van der Waals surface area contributed by atoms with Gasteiger partial charge in [0.2, 0.25) is 0 Å². The number of carbonyl (C=O) groups excluding carboxylic acids is 1. The molecular weight excluding hydrogens is 200 g/mol. The maximum atomic E-state index is 12.0. The lowest BCUT2D eigenvalue weighted by Gasteiger charge is -2.22. The first-order chi connectivity index (χ1) is 5.88. The van der Waals surface area contributed by atoms with Gasteiger partial charge in [-0.1, -0.05) is 0 Å². The lowest BCUT2D eigenvalue weighted by atomic mass is 10.1. The summed E-state index contributed by atoms with van der Waals surface area (Å²) in [5, 5.41) is 0. The maximum Gasteiger partial charge on any atom is 0.273 e. The average molecular weight is 220 g/mol. The summed E-state index contributed by atoms with van der Waals surface area (Å²) in [6.07, 6.45) is 1.48. The number of nitrogens with two attached hydrogens (primary N) is 1. The van der Waals surface area contributed by atoms with Gasteiger partial charge in [0.05, 0.1) is 15.3 Å². The van der Waals surface area contributed by atoms with E-state index >= 15 is 0 Å². The summed E-state index contributed by atoms with van der Waals surface area (Å²) in [6.45, 7) is 8.47. The molecule has 1 amide bonds. The van der Waals surface area contributed by atoms with Crippen molar-refractivity contribution in [1.29, 1.82) is 0 Å². The highest BCUT2D eigenvalue weighted by atomic mass is 32.2. The summed E-state index contributed by atoms with van der Waals surface area (Å²) < 4.78 is 15.2. The molecular formula is C9H20N2O2S. The van der Waals surface area contributed by atoms with Crippen molar-refractivity contribution in [2.75, 3.05) is 6.26 Å². The van der Waals surface area contributed by atoms with Crippen LogP contribution < -0.4 is 5.73 Å². The number of carbonyl (C=O) groups is 1. The van der Waals surface area contributed by atoms with Crippen LogP contribution in [0.15, 0.2) is 4.36 Å². The minimum absolute atomic E-state index is 0.514. The molecule has 0 fully saturated rings. The molecule has 5 heteroatoms. The van der Waals surface area contributed by atoms with Gasteiger partial charge in [0, 0.05) is 11.0 Å². The van der Waals surface area contributed by atoms with Crippen LogP contribution in [0.4, 0.5) is 0 Å². The van der Waals surface area contributed by atoms with Crippen molar-refractivity contribution in [3.05, 3.63) is 0 Å². The van der Waals surface area contributed by atoms with Gasteiger partial charge in [-0.05, 0) is 34.6 Å². The molecule has 0 saturated heterocycles. The van der Waals surface area contributed by atoms with Gasteiger partial charge in [-0.15, -0.1) is 0 Å². The lowest BCUT2D eigenvalue weighted by Crippen LogP contribution is -2.41. The van der Waals surface area contributed by atoms with Gasteiger partial charge >= 0.3 is 0 Å². The number of rotatable bonds is 1. The van der Waals surface area contributed by atoms with Crippen LogP contribution in [0.1, 0.15) is 34.6 Å². The van der Waals surface area contributed by atoms with E-state index in [0.29, 0.717) is 0 Å². The molecule has 0 aromatic heterocycles. The zero-order valence-electron chi connectivity index (χ0n) is 9.75. The van der Waals surface area contributed by atoms with Crippen molar-refractivity contribution in [2.45, 2.75) is 44.9 Å². The van der Waals surface area contributed by atoms with Gasteiger partial charge in [-0.25, -0.2) is 4.21 Å². The predicted octanol–water partition coefficient (Wildman–Crippen LogP) is 1.15. The van der Waals surface area contributed by atoms with Gasteiger partial charge < -0.3 is 5.73 Å². The smallest absolute Gasteiger partial charge is 0.273 e. The second-order valence-corrected chi connectivity index (χ2v) is 8.05. The molecule has 0 spiro atoms. The summed E-state index contributed by atoms with van der Waals surface area (Å²) >= 11 is 0. The Morgan fingerprint density at radius 2 is 1.57 bits per heavy atom. The van der Waals surface area contributed by atoms with Crippen LogP contribution in [0.3, 0.4) is 0 Å². The fourth-order valence-corrected chi connectivity index (χ4v) is 1.24. The van der Waals surface area contributed by atoms with Gasteiger partial charge in [0.1, 0.15) is 0 Å². The number of hydrogen-bond acceptors (Lipinski definition) is 3. The standard InChI is InChI=1S/C9H20N2O2S/c1-8(2,3)14(6,13)11-7(12)9(4,5)10/h10H2,1-6H3. The molecule has 14 heavy (non-hydrogen) atoms. The second kappa shape index (κ2) is 3.62. The van der Waals surface area contributed by atoms with E-state index in [0.717, 1.165) is 0 Å². The highest BCUT2D eigenvalue weighted by molar-refractivity contribution is 7.94. The molecule has 4 nitrogen and oxygen atoms in total. The highest BCUT2D eigenvalue weighted by Crippen LogP contribution is 2.17. The molecule has 0 rings (SSSR count). The Bertz CT molecular complexity index is 339. The topological polar surface area (TPSA) is 72.5 Å².